The van der Waals surface area contributed by atoms with E-state index in [9.17, 15) is 8.42 Å². The smallest absolute Gasteiger partial charge is 0.243 e. The molecule has 0 spiro atoms. The number of ether oxygens (including phenoxy) is 1. The van der Waals surface area contributed by atoms with Crippen LogP contribution >= 0.6 is 0 Å². The monoisotopic (exact) mass is 456 g/mol. The van der Waals surface area contributed by atoms with E-state index in [1.165, 1.54) is 4.31 Å². The van der Waals surface area contributed by atoms with Gasteiger partial charge in [-0.1, -0.05) is 32.1 Å². The lowest BCUT2D eigenvalue weighted by Gasteiger charge is -2.28. The lowest BCUT2D eigenvalue weighted by molar-refractivity contribution is 0.106. The van der Waals surface area contributed by atoms with E-state index in [2.05, 4.69) is 35.0 Å². The Morgan fingerprint density at radius 1 is 1.22 bits per heavy atom. The SMILES string of the molecule is C=CCOC[C@@H](CC(C)C)N(C)S(=O)(=O)c1ccc(Cn2c(C)nc3ccncc32)cc1. The van der Waals surface area contributed by atoms with Crippen LogP contribution in [0.1, 0.15) is 31.7 Å². The van der Waals surface area contributed by atoms with Gasteiger partial charge in [0.1, 0.15) is 5.82 Å². The van der Waals surface area contributed by atoms with Crippen LogP contribution < -0.4 is 0 Å². The molecule has 8 heteroatoms. The summed E-state index contributed by atoms with van der Waals surface area (Å²) in [6.45, 7) is 11.1. The molecule has 0 amide bonds. The van der Waals surface area contributed by atoms with Crippen molar-refractivity contribution in [1.29, 1.82) is 0 Å². The van der Waals surface area contributed by atoms with E-state index in [4.69, 9.17) is 4.74 Å². The summed E-state index contributed by atoms with van der Waals surface area (Å²) in [4.78, 5) is 9.03. The maximum absolute atomic E-state index is 13.3. The molecule has 0 N–H and O–H groups in total. The maximum atomic E-state index is 13.3. The van der Waals surface area contributed by atoms with Gasteiger partial charge in [-0.25, -0.2) is 13.4 Å². The van der Waals surface area contributed by atoms with Crippen molar-refractivity contribution in [3.05, 3.63) is 66.8 Å². The van der Waals surface area contributed by atoms with Crippen LogP contribution in [0.3, 0.4) is 0 Å². The molecule has 0 aliphatic carbocycles. The number of rotatable bonds is 11. The molecule has 1 aromatic carbocycles. The molecule has 3 rings (SSSR count). The Hall–Kier alpha value is -2.55. The Kier molecular flexibility index (Phi) is 7.82. The maximum Gasteiger partial charge on any atom is 0.243 e. The number of hydrogen-bond donors (Lipinski definition) is 0. The number of benzene rings is 1. The number of hydrogen-bond acceptors (Lipinski definition) is 5. The number of sulfonamides is 1. The number of aryl methyl sites for hydroxylation is 1. The molecule has 7 nitrogen and oxygen atoms in total. The molecule has 2 aromatic heterocycles. The summed E-state index contributed by atoms with van der Waals surface area (Å²) >= 11 is 0. The van der Waals surface area contributed by atoms with Crippen molar-refractivity contribution in [2.75, 3.05) is 20.3 Å². The van der Waals surface area contributed by atoms with Crippen molar-refractivity contribution in [2.45, 2.75) is 44.7 Å². The van der Waals surface area contributed by atoms with E-state index >= 15 is 0 Å². The molecule has 0 aliphatic heterocycles. The summed E-state index contributed by atoms with van der Waals surface area (Å²) in [5.74, 6) is 1.23. The van der Waals surface area contributed by atoms with E-state index in [-0.39, 0.29) is 10.9 Å². The molecular weight excluding hydrogens is 424 g/mol. The lowest BCUT2D eigenvalue weighted by Crippen LogP contribution is -2.41. The zero-order valence-corrected chi connectivity index (χ0v) is 20.0. The third-order valence-corrected chi connectivity index (χ3v) is 7.41. The van der Waals surface area contributed by atoms with Crippen LogP contribution in [0.5, 0.6) is 0 Å². The fraction of sp³-hybridized carbons (Fsp3) is 0.417. The normalized spacial score (nSPS) is 13.2. The average Bonchev–Trinajstić information content (AvgIpc) is 3.08. The van der Waals surface area contributed by atoms with Crippen LogP contribution in [0.25, 0.3) is 11.0 Å². The summed E-state index contributed by atoms with van der Waals surface area (Å²) in [7, 11) is -2.02. The number of pyridine rings is 1. The van der Waals surface area contributed by atoms with E-state index in [1.54, 1.807) is 37.7 Å². The van der Waals surface area contributed by atoms with Crippen molar-refractivity contribution >= 4 is 21.1 Å². The predicted octanol–water partition coefficient (Wildman–Crippen LogP) is 4.03. The summed E-state index contributed by atoms with van der Waals surface area (Å²) in [5, 5.41) is 0. The molecule has 0 saturated carbocycles. The van der Waals surface area contributed by atoms with Crippen LogP contribution in [0.15, 0.2) is 60.3 Å². The van der Waals surface area contributed by atoms with Gasteiger partial charge in [0.2, 0.25) is 10.0 Å². The molecule has 0 bridgehead atoms. The molecule has 0 unspecified atom stereocenters. The largest absolute Gasteiger partial charge is 0.376 e. The Balaban J connectivity index is 1.79. The summed E-state index contributed by atoms with van der Waals surface area (Å²) in [6, 6.07) is 8.70. The van der Waals surface area contributed by atoms with Gasteiger partial charge in [0.25, 0.3) is 0 Å². The van der Waals surface area contributed by atoms with Crippen molar-refractivity contribution in [3.8, 4) is 0 Å². The second-order valence-electron chi connectivity index (χ2n) is 8.38. The predicted molar refractivity (Wildman–Crippen MR) is 127 cm³/mol. The minimum Gasteiger partial charge on any atom is -0.376 e. The van der Waals surface area contributed by atoms with Crippen LogP contribution in [-0.4, -0.2) is 53.6 Å². The number of fused-ring (bicyclic) bond motifs is 1. The van der Waals surface area contributed by atoms with Gasteiger partial charge in [0.05, 0.1) is 35.3 Å². The highest BCUT2D eigenvalue weighted by molar-refractivity contribution is 7.89. The number of imidazole rings is 1. The highest BCUT2D eigenvalue weighted by Gasteiger charge is 2.28. The standard InChI is InChI=1S/C24H32N4O3S/c1-6-13-31-17-21(14-18(2)3)27(5)32(29,30)22-9-7-20(8-10-22)16-28-19(4)26-23-11-12-25-15-24(23)28/h6-12,15,18,21H,1,13-14,16-17H2,2-5H3/t21-/m1/s1. The second-order valence-corrected chi connectivity index (χ2v) is 10.4. The molecule has 0 radical (unpaired) electrons. The average molecular weight is 457 g/mol. The second kappa shape index (κ2) is 10.4. The van der Waals surface area contributed by atoms with Gasteiger partial charge in [0, 0.05) is 25.8 Å². The number of nitrogens with zero attached hydrogens (tertiary/aromatic N) is 4. The molecule has 32 heavy (non-hydrogen) atoms. The van der Waals surface area contributed by atoms with Crippen LogP contribution in [0, 0.1) is 12.8 Å². The van der Waals surface area contributed by atoms with Crippen molar-refractivity contribution < 1.29 is 13.2 Å². The van der Waals surface area contributed by atoms with Gasteiger partial charge < -0.3 is 9.30 Å². The Morgan fingerprint density at radius 3 is 2.59 bits per heavy atom. The van der Waals surface area contributed by atoms with Crippen molar-refractivity contribution in [3.63, 3.8) is 0 Å². The van der Waals surface area contributed by atoms with Crippen LogP contribution in [0.4, 0.5) is 0 Å². The number of aromatic nitrogens is 3. The molecule has 0 fully saturated rings. The summed E-state index contributed by atoms with van der Waals surface area (Å²) in [5.41, 5.74) is 2.84. The van der Waals surface area contributed by atoms with Gasteiger partial charge >= 0.3 is 0 Å². The third-order valence-electron chi connectivity index (χ3n) is 5.49. The Bertz CT molecular complexity index is 1150. The van der Waals surface area contributed by atoms with Crippen LogP contribution in [0.2, 0.25) is 0 Å². The topological polar surface area (TPSA) is 77.3 Å². The van der Waals surface area contributed by atoms with Gasteiger partial charge in [-0.15, -0.1) is 6.58 Å². The molecule has 0 aliphatic rings. The zero-order valence-electron chi connectivity index (χ0n) is 19.2. The first kappa shape index (κ1) is 24.1. The van der Waals surface area contributed by atoms with E-state index < -0.39 is 10.0 Å². The van der Waals surface area contributed by atoms with Crippen molar-refractivity contribution in [1.82, 2.24) is 18.8 Å². The van der Waals surface area contributed by atoms with Crippen molar-refractivity contribution in [2.24, 2.45) is 5.92 Å². The van der Waals surface area contributed by atoms with Gasteiger partial charge in [-0.05, 0) is 43.0 Å². The summed E-state index contributed by atoms with van der Waals surface area (Å²) in [6.07, 6.45) is 5.91. The molecule has 2 heterocycles. The fourth-order valence-corrected chi connectivity index (χ4v) is 5.11. The van der Waals surface area contributed by atoms with Crippen LogP contribution in [-0.2, 0) is 21.3 Å². The minimum atomic E-state index is -3.64. The van der Waals surface area contributed by atoms with Gasteiger partial charge in [-0.2, -0.15) is 4.31 Å². The molecule has 3 aromatic rings. The van der Waals surface area contributed by atoms with E-state index in [0.29, 0.717) is 32.1 Å². The highest BCUT2D eigenvalue weighted by atomic mass is 32.2. The number of likely N-dealkylation sites (N-methyl/N-ethyl adjacent to an activating group) is 1. The minimum absolute atomic E-state index is 0.243. The molecule has 1 atom stereocenters. The zero-order chi connectivity index (χ0) is 23.3. The van der Waals surface area contributed by atoms with Gasteiger partial charge in [-0.3, -0.25) is 4.98 Å². The fourth-order valence-electron chi connectivity index (χ4n) is 3.75. The van der Waals surface area contributed by atoms with Gasteiger partial charge in [0.15, 0.2) is 0 Å². The molecular formula is C24H32N4O3S. The van der Waals surface area contributed by atoms with E-state index in [0.717, 1.165) is 22.4 Å². The molecule has 172 valence electrons. The Labute approximate surface area is 190 Å². The molecule has 0 saturated heterocycles. The quantitative estimate of drug-likeness (QED) is 0.322. The lowest BCUT2D eigenvalue weighted by atomic mass is 10.0. The first-order valence-electron chi connectivity index (χ1n) is 10.8. The van der Waals surface area contributed by atoms with E-state index in [1.807, 2.05) is 25.1 Å². The third kappa shape index (κ3) is 5.43. The summed E-state index contributed by atoms with van der Waals surface area (Å²) < 4.78 is 35.6. The first-order valence-corrected chi connectivity index (χ1v) is 12.2. The Morgan fingerprint density at radius 2 is 1.94 bits per heavy atom. The first-order chi connectivity index (χ1) is 15.2. The highest BCUT2D eigenvalue weighted by Crippen LogP contribution is 2.22.